The van der Waals surface area contributed by atoms with Crippen molar-refractivity contribution in [1.82, 2.24) is 9.88 Å². The maximum Gasteiger partial charge on any atom is 0.252 e. The van der Waals surface area contributed by atoms with Crippen molar-refractivity contribution in [1.29, 1.82) is 0 Å². The maximum absolute atomic E-state index is 12.2. The van der Waals surface area contributed by atoms with Gasteiger partial charge in [0.1, 0.15) is 0 Å². The van der Waals surface area contributed by atoms with E-state index in [9.17, 15) is 4.79 Å². The lowest BCUT2D eigenvalue weighted by Gasteiger charge is -2.40. The lowest BCUT2D eigenvalue weighted by Crippen LogP contribution is -2.57. The molecule has 1 saturated heterocycles. The smallest absolute Gasteiger partial charge is 0.252 e. The van der Waals surface area contributed by atoms with Crippen LogP contribution in [0.5, 0.6) is 0 Å². The fourth-order valence-electron chi connectivity index (χ4n) is 2.87. The Morgan fingerprint density at radius 3 is 2.75 bits per heavy atom. The van der Waals surface area contributed by atoms with Crippen LogP contribution in [0.25, 0.3) is 10.9 Å². The van der Waals surface area contributed by atoms with Crippen LogP contribution in [-0.4, -0.2) is 30.2 Å². The molecule has 4 heteroatoms. The Hall–Kier alpha value is -1.81. The zero-order valence-corrected chi connectivity index (χ0v) is 12.1. The van der Waals surface area contributed by atoms with Gasteiger partial charge in [-0.25, -0.2) is 0 Å². The average Bonchev–Trinajstić information content (AvgIpc) is 2.40. The standard InChI is InChI=1S/C16H21N3O/c1-3-8-19(12-10-17-11-12)15-9-16(20)18(2)14-7-5-4-6-13(14)15/h4-7,9,12,17H,3,8,10-11H2,1-2H3. The van der Waals surface area contributed by atoms with E-state index in [1.807, 2.05) is 25.2 Å². The molecule has 20 heavy (non-hydrogen) atoms. The predicted octanol–water partition coefficient (Wildman–Crippen LogP) is 1.73. The van der Waals surface area contributed by atoms with Gasteiger partial charge in [-0.1, -0.05) is 25.1 Å². The molecule has 1 aromatic heterocycles. The third-order valence-corrected chi connectivity index (χ3v) is 4.11. The Morgan fingerprint density at radius 2 is 2.10 bits per heavy atom. The molecule has 0 spiro atoms. The number of pyridine rings is 1. The molecular weight excluding hydrogens is 250 g/mol. The Morgan fingerprint density at radius 1 is 1.35 bits per heavy atom. The van der Waals surface area contributed by atoms with Crippen LogP contribution in [0, 0.1) is 0 Å². The van der Waals surface area contributed by atoms with E-state index < -0.39 is 0 Å². The van der Waals surface area contributed by atoms with E-state index in [0.29, 0.717) is 6.04 Å². The summed E-state index contributed by atoms with van der Waals surface area (Å²) in [4.78, 5) is 14.6. The summed E-state index contributed by atoms with van der Waals surface area (Å²) in [5.41, 5.74) is 2.15. The number of aromatic nitrogens is 1. The Kier molecular flexibility index (Phi) is 3.49. The van der Waals surface area contributed by atoms with Crippen molar-refractivity contribution in [2.24, 2.45) is 7.05 Å². The SMILES string of the molecule is CCCN(c1cc(=O)n(C)c2ccccc12)C1CNC1. The lowest BCUT2D eigenvalue weighted by atomic mass is 10.1. The van der Waals surface area contributed by atoms with E-state index >= 15 is 0 Å². The van der Waals surface area contributed by atoms with Crippen molar-refractivity contribution in [3.8, 4) is 0 Å². The lowest BCUT2D eigenvalue weighted by molar-refractivity contribution is 0.413. The summed E-state index contributed by atoms with van der Waals surface area (Å²) < 4.78 is 1.72. The molecule has 2 heterocycles. The topological polar surface area (TPSA) is 37.3 Å². The number of hydrogen-bond acceptors (Lipinski definition) is 3. The predicted molar refractivity (Wildman–Crippen MR) is 83.5 cm³/mol. The van der Waals surface area contributed by atoms with Gasteiger partial charge in [-0.3, -0.25) is 4.79 Å². The van der Waals surface area contributed by atoms with Crippen LogP contribution in [-0.2, 0) is 7.05 Å². The third kappa shape index (κ3) is 2.10. The van der Waals surface area contributed by atoms with E-state index in [0.717, 1.165) is 42.6 Å². The molecular formula is C16H21N3O. The molecule has 1 aliphatic rings. The minimum Gasteiger partial charge on any atom is -0.365 e. The molecule has 2 aromatic rings. The van der Waals surface area contributed by atoms with Crippen LogP contribution >= 0.6 is 0 Å². The molecule has 1 N–H and O–H groups in total. The molecule has 0 saturated carbocycles. The molecule has 4 nitrogen and oxygen atoms in total. The van der Waals surface area contributed by atoms with Crippen molar-refractivity contribution in [2.45, 2.75) is 19.4 Å². The molecule has 0 atom stereocenters. The number of aryl methyl sites for hydroxylation is 1. The molecule has 1 fully saturated rings. The highest BCUT2D eigenvalue weighted by Gasteiger charge is 2.25. The molecule has 0 radical (unpaired) electrons. The van der Waals surface area contributed by atoms with Crippen molar-refractivity contribution in [3.63, 3.8) is 0 Å². The first-order valence-corrected chi connectivity index (χ1v) is 7.28. The molecule has 0 amide bonds. The summed E-state index contributed by atoms with van der Waals surface area (Å²) in [6.07, 6.45) is 1.08. The summed E-state index contributed by atoms with van der Waals surface area (Å²) >= 11 is 0. The molecule has 0 bridgehead atoms. The van der Waals surface area contributed by atoms with Gasteiger partial charge in [0.15, 0.2) is 0 Å². The number of rotatable bonds is 4. The summed E-state index contributed by atoms with van der Waals surface area (Å²) in [7, 11) is 1.84. The summed E-state index contributed by atoms with van der Waals surface area (Å²) in [6, 6.07) is 10.4. The Balaban J connectivity index is 2.18. The van der Waals surface area contributed by atoms with Gasteiger partial charge in [0, 0.05) is 38.1 Å². The number of hydrogen-bond donors (Lipinski definition) is 1. The zero-order valence-electron chi connectivity index (χ0n) is 12.1. The van der Waals surface area contributed by atoms with Gasteiger partial charge in [0.2, 0.25) is 0 Å². The molecule has 1 aromatic carbocycles. The van der Waals surface area contributed by atoms with Crippen LogP contribution in [0.2, 0.25) is 0 Å². The Labute approximate surface area is 119 Å². The highest BCUT2D eigenvalue weighted by atomic mass is 16.1. The monoisotopic (exact) mass is 271 g/mol. The average molecular weight is 271 g/mol. The van der Waals surface area contributed by atoms with Gasteiger partial charge in [0.05, 0.1) is 17.2 Å². The molecule has 0 unspecified atom stereocenters. The highest BCUT2D eigenvalue weighted by Crippen LogP contribution is 2.27. The Bertz CT molecular complexity index is 673. The highest BCUT2D eigenvalue weighted by molar-refractivity contribution is 5.92. The van der Waals surface area contributed by atoms with Crippen LogP contribution in [0.15, 0.2) is 35.1 Å². The van der Waals surface area contributed by atoms with Crippen LogP contribution in [0.3, 0.4) is 0 Å². The van der Waals surface area contributed by atoms with E-state index in [1.54, 1.807) is 10.6 Å². The van der Waals surface area contributed by atoms with Crippen LogP contribution in [0.4, 0.5) is 5.69 Å². The van der Waals surface area contributed by atoms with Crippen molar-refractivity contribution >= 4 is 16.6 Å². The maximum atomic E-state index is 12.2. The first kappa shape index (κ1) is 13.2. The molecule has 106 valence electrons. The van der Waals surface area contributed by atoms with Crippen molar-refractivity contribution in [3.05, 3.63) is 40.7 Å². The molecule has 0 aliphatic carbocycles. The summed E-state index contributed by atoms with van der Waals surface area (Å²) in [6.45, 7) is 5.18. The van der Waals surface area contributed by atoms with E-state index in [4.69, 9.17) is 0 Å². The van der Waals surface area contributed by atoms with Crippen LogP contribution in [0.1, 0.15) is 13.3 Å². The molecule has 1 aliphatic heterocycles. The fourth-order valence-corrected chi connectivity index (χ4v) is 2.87. The fraction of sp³-hybridized carbons (Fsp3) is 0.438. The van der Waals surface area contributed by atoms with Gasteiger partial charge >= 0.3 is 0 Å². The first-order valence-electron chi connectivity index (χ1n) is 7.28. The van der Waals surface area contributed by atoms with Gasteiger partial charge in [-0.05, 0) is 12.5 Å². The number of fused-ring (bicyclic) bond motifs is 1. The first-order chi connectivity index (χ1) is 9.72. The second-order valence-electron chi connectivity index (χ2n) is 5.45. The second kappa shape index (κ2) is 5.29. The van der Waals surface area contributed by atoms with E-state index in [2.05, 4.69) is 23.2 Å². The third-order valence-electron chi connectivity index (χ3n) is 4.11. The number of anilines is 1. The summed E-state index contributed by atoms with van der Waals surface area (Å²) in [5.74, 6) is 0. The minimum atomic E-state index is 0.0621. The minimum absolute atomic E-state index is 0.0621. The number of para-hydroxylation sites is 1. The van der Waals surface area contributed by atoms with Gasteiger partial charge in [-0.2, -0.15) is 0 Å². The zero-order chi connectivity index (χ0) is 14.1. The second-order valence-corrected chi connectivity index (χ2v) is 5.45. The van der Waals surface area contributed by atoms with Crippen molar-refractivity contribution in [2.75, 3.05) is 24.5 Å². The number of nitrogens with zero attached hydrogens (tertiary/aromatic N) is 2. The molecule has 3 rings (SSSR count). The quantitative estimate of drug-likeness (QED) is 0.920. The van der Waals surface area contributed by atoms with Crippen LogP contribution < -0.4 is 15.8 Å². The van der Waals surface area contributed by atoms with E-state index in [1.165, 1.54) is 0 Å². The normalized spacial score (nSPS) is 15.3. The number of benzene rings is 1. The van der Waals surface area contributed by atoms with Gasteiger partial charge in [0.25, 0.3) is 5.56 Å². The van der Waals surface area contributed by atoms with Gasteiger partial charge in [-0.15, -0.1) is 0 Å². The largest absolute Gasteiger partial charge is 0.365 e. The van der Waals surface area contributed by atoms with Crippen molar-refractivity contribution < 1.29 is 0 Å². The number of nitrogens with one attached hydrogen (secondary N) is 1. The van der Waals surface area contributed by atoms with E-state index in [-0.39, 0.29) is 5.56 Å². The van der Waals surface area contributed by atoms with Gasteiger partial charge < -0.3 is 14.8 Å². The summed E-state index contributed by atoms with van der Waals surface area (Å²) in [5, 5.41) is 4.48.